The first kappa shape index (κ1) is 14.6. The molecule has 0 N–H and O–H groups in total. The van der Waals surface area contributed by atoms with Gasteiger partial charge in [-0.2, -0.15) is 0 Å². The zero-order chi connectivity index (χ0) is 17.4. The van der Waals surface area contributed by atoms with E-state index in [0.717, 1.165) is 17.0 Å². The zero-order valence-corrected chi connectivity index (χ0v) is 14.9. The van der Waals surface area contributed by atoms with Crippen LogP contribution in [-0.2, 0) is 11.0 Å². The molecule has 0 amide bonds. The summed E-state index contributed by atoms with van der Waals surface area (Å²) in [5, 5.41) is 0. The SMILES string of the molecule is CC1(C)Oc2ccncc2-c2c1ccc1c2C(C)(C)c2cccnc2-1. The van der Waals surface area contributed by atoms with Gasteiger partial charge in [-0.1, -0.05) is 32.0 Å². The molecule has 3 heterocycles. The largest absolute Gasteiger partial charge is 0.482 e. The first-order chi connectivity index (χ1) is 11.9. The van der Waals surface area contributed by atoms with Crippen LogP contribution >= 0.6 is 0 Å². The summed E-state index contributed by atoms with van der Waals surface area (Å²) in [7, 11) is 0. The predicted molar refractivity (Wildman–Crippen MR) is 98.7 cm³/mol. The van der Waals surface area contributed by atoms with Crippen LogP contribution in [0.2, 0.25) is 0 Å². The fourth-order valence-electron chi connectivity index (χ4n) is 4.48. The summed E-state index contributed by atoms with van der Waals surface area (Å²) in [5.74, 6) is 0.903. The molecule has 124 valence electrons. The van der Waals surface area contributed by atoms with Gasteiger partial charge in [0.15, 0.2) is 0 Å². The molecule has 0 atom stereocenters. The molecular weight excluding hydrogens is 308 g/mol. The van der Waals surface area contributed by atoms with Crippen LogP contribution in [0.25, 0.3) is 22.4 Å². The van der Waals surface area contributed by atoms with Crippen LogP contribution in [0.1, 0.15) is 44.4 Å². The second kappa shape index (κ2) is 4.48. The molecule has 3 nitrogen and oxygen atoms in total. The molecule has 0 unspecified atom stereocenters. The molecular formula is C22H20N2O. The second-order valence-corrected chi connectivity index (χ2v) is 7.92. The average Bonchev–Trinajstić information content (AvgIpc) is 2.83. The van der Waals surface area contributed by atoms with E-state index >= 15 is 0 Å². The van der Waals surface area contributed by atoms with E-state index in [9.17, 15) is 0 Å². The predicted octanol–water partition coefficient (Wildman–Crippen LogP) is 5.08. The van der Waals surface area contributed by atoms with Gasteiger partial charge in [0.1, 0.15) is 11.4 Å². The Morgan fingerprint density at radius 1 is 0.880 bits per heavy atom. The summed E-state index contributed by atoms with van der Waals surface area (Å²) in [4.78, 5) is 9.06. The van der Waals surface area contributed by atoms with E-state index in [2.05, 4.69) is 50.9 Å². The van der Waals surface area contributed by atoms with Crippen molar-refractivity contribution < 1.29 is 4.74 Å². The van der Waals surface area contributed by atoms with Crippen molar-refractivity contribution in [2.75, 3.05) is 0 Å². The van der Waals surface area contributed by atoms with Crippen LogP contribution in [-0.4, -0.2) is 9.97 Å². The van der Waals surface area contributed by atoms with Gasteiger partial charge in [0, 0.05) is 40.7 Å². The lowest BCUT2D eigenvalue weighted by Gasteiger charge is -2.37. The Labute approximate surface area is 147 Å². The Hall–Kier alpha value is -2.68. The quantitative estimate of drug-likeness (QED) is 0.577. The summed E-state index contributed by atoms with van der Waals surface area (Å²) < 4.78 is 6.30. The molecule has 0 fully saturated rings. The standard InChI is InChI=1S/C22H20N2O/c1-21(2)16-6-5-10-24-20(16)13-7-8-15-18(19(13)21)14-12-23-11-9-17(14)25-22(15,3)4/h5-12H,1-4H3. The number of fused-ring (bicyclic) bond motifs is 7. The van der Waals surface area contributed by atoms with Gasteiger partial charge in [-0.25, -0.2) is 0 Å². The van der Waals surface area contributed by atoms with Crippen LogP contribution in [0.15, 0.2) is 48.9 Å². The van der Waals surface area contributed by atoms with Gasteiger partial charge < -0.3 is 4.74 Å². The summed E-state index contributed by atoms with van der Waals surface area (Å²) in [6, 6.07) is 10.6. The summed E-state index contributed by atoms with van der Waals surface area (Å²) in [6.45, 7) is 8.85. The Bertz CT molecular complexity index is 1030. The van der Waals surface area contributed by atoms with Gasteiger partial charge in [-0.05, 0) is 42.7 Å². The van der Waals surface area contributed by atoms with Gasteiger partial charge in [-0.3, -0.25) is 9.97 Å². The molecule has 25 heavy (non-hydrogen) atoms. The van der Waals surface area contributed by atoms with Gasteiger partial charge in [0.2, 0.25) is 0 Å². The van der Waals surface area contributed by atoms with Crippen molar-refractivity contribution in [1.82, 2.24) is 9.97 Å². The molecule has 1 aliphatic heterocycles. The highest BCUT2D eigenvalue weighted by Gasteiger charge is 2.43. The lowest BCUT2D eigenvalue weighted by atomic mass is 9.74. The van der Waals surface area contributed by atoms with Crippen molar-refractivity contribution in [2.45, 2.75) is 38.7 Å². The molecule has 3 aromatic rings. The molecule has 0 radical (unpaired) electrons. The number of hydrogen-bond acceptors (Lipinski definition) is 3. The number of benzene rings is 1. The Balaban J connectivity index is 1.94. The van der Waals surface area contributed by atoms with E-state index in [0.29, 0.717) is 0 Å². The third-order valence-corrected chi connectivity index (χ3v) is 5.63. The third kappa shape index (κ3) is 1.76. The van der Waals surface area contributed by atoms with Crippen molar-refractivity contribution in [1.29, 1.82) is 0 Å². The minimum Gasteiger partial charge on any atom is -0.482 e. The molecule has 3 heteroatoms. The highest BCUT2D eigenvalue weighted by Crippen LogP contribution is 2.56. The van der Waals surface area contributed by atoms with Crippen LogP contribution in [0.4, 0.5) is 0 Å². The number of aromatic nitrogens is 2. The Morgan fingerprint density at radius 2 is 1.72 bits per heavy atom. The van der Waals surface area contributed by atoms with Crippen molar-refractivity contribution in [3.8, 4) is 28.1 Å². The van der Waals surface area contributed by atoms with Crippen molar-refractivity contribution >= 4 is 0 Å². The second-order valence-electron chi connectivity index (χ2n) is 7.92. The molecule has 0 saturated carbocycles. The monoisotopic (exact) mass is 328 g/mol. The fourth-order valence-corrected chi connectivity index (χ4v) is 4.48. The van der Waals surface area contributed by atoms with Crippen LogP contribution in [0.3, 0.4) is 0 Å². The molecule has 1 aliphatic carbocycles. The van der Waals surface area contributed by atoms with Crippen molar-refractivity contribution in [3.05, 3.63) is 65.6 Å². The molecule has 5 rings (SSSR count). The van der Waals surface area contributed by atoms with Crippen LogP contribution in [0.5, 0.6) is 5.75 Å². The smallest absolute Gasteiger partial charge is 0.131 e. The third-order valence-electron chi connectivity index (χ3n) is 5.63. The number of rotatable bonds is 0. The number of hydrogen-bond donors (Lipinski definition) is 0. The van der Waals surface area contributed by atoms with Gasteiger partial charge in [0.05, 0.1) is 5.69 Å². The van der Waals surface area contributed by atoms with Crippen LogP contribution in [0, 0.1) is 0 Å². The molecule has 0 spiro atoms. The normalized spacial score (nSPS) is 17.8. The molecule has 1 aromatic carbocycles. The van der Waals surface area contributed by atoms with Gasteiger partial charge in [-0.15, -0.1) is 0 Å². The van der Waals surface area contributed by atoms with E-state index in [1.165, 1.54) is 27.8 Å². The maximum absolute atomic E-state index is 6.30. The highest BCUT2D eigenvalue weighted by atomic mass is 16.5. The minimum absolute atomic E-state index is 0.106. The maximum atomic E-state index is 6.30. The van der Waals surface area contributed by atoms with Gasteiger partial charge in [0.25, 0.3) is 0 Å². The first-order valence-electron chi connectivity index (χ1n) is 8.68. The average molecular weight is 328 g/mol. The first-order valence-corrected chi connectivity index (χ1v) is 8.68. The van der Waals surface area contributed by atoms with Crippen molar-refractivity contribution in [3.63, 3.8) is 0 Å². The van der Waals surface area contributed by atoms with E-state index in [-0.39, 0.29) is 11.0 Å². The molecule has 2 aromatic heterocycles. The summed E-state index contributed by atoms with van der Waals surface area (Å²) in [5.41, 5.74) is 8.02. The van der Waals surface area contributed by atoms with Gasteiger partial charge >= 0.3 is 0 Å². The fraction of sp³-hybridized carbons (Fsp3) is 0.273. The zero-order valence-electron chi connectivity index (χ0n) is 14.9. The number of pyridine rings is 2. The van der Waals surface area contributed by atoms with Crippen molar-refractivity contribution in [2.24, 2.45) is 0 Å². The molecule has 0 saturated heterocycles. The number of nitrogens with zero attached hydrogens (tertiary/aromatic N) is 2. The maximum Gasteiger partial charge on any atom is 0.131 e. The van der Waals surface area contributed by atoms with E-state index < -0.39 is 0 Å². The topological polar surface area (TPSA) is 35.0 Å². The van der Waals surface area contributed by atoms with E-state index in [1.807, 2.05) is 24.5 Å². The summed E-state index contributed by atoms with van der Waals surface area (Å²) >= 11 is 0. The number of ether oxygens (including phenoxy) is 1. The highest BCUT2D eigenvalue weighted by molar-refractivity contribution is 5.90. The van der Waals surface area contributed by atoms with E-state index in [4.69, 9.17) is 9.72 Å². The van der Waals surface area contributed by atoms with E-state index in [1.54, 1.807) is 6.20 Å². The Kier molecular flexibility index (Phi) is 2.63. The molecule has 2 aliphatic rings. The molecule has 0 bridgehead atoms. The minimum atomic E-state index is -0.378. The summed E-state index contributed by atoms with van der Waals surface area (Å²) in [6.07, 6.45) is 5.60. The lowest BCUT2D eigenvalue weighted by molar-refractivity contribution is 0.105. The lowest BCUT2D eigenvalue weighted by Crippen LogP contribution is -2.31. The van der Waals surface area contributed by atoms with Crippen LogP contribution < -0.4 is 4.74 Å². The Morgan fingerprint density at radius 3 is 2.56 bits per heavy atom.